The third-order valence-electron chi connectivity index (χ3n) is 3.34. The van der Waals surface area contributed by atoms with Gasteiger partial charge in [0.25, 0.3) is 0 Å². The Kier molecular flexibility index (Phi) is 5.21. The maximum absolute atomic E-state index is 5.22. The Morgan fingerprint density at radius 3 is 3.00 bits per heavy atom. The van der Waals surface area contributed by atoms with Crippen LogP contribution in [-0.4, -0.2) is 37.5 Å². The molecule has 1 fully saturated rings. The van der Waals surface area contributed by atoms with E-state index in [9.17, 15) is 0 Å². The van der Waals surface area contributed by atoms with Crippen LogP contribution in [0, 0.1) is 0 Å². The predicted molar refractivity (Wildman–Crippen MR) is 74.9 cm³/mol. The van der Waals surface area contributed by atoms with Crippen LogP contribution in [0.2, 0.25) is 0 Å². The van der Waals surface area contributed by atoms with Crippen molar-refractivity contribution in [3.8, 4) is 0 Å². The molecule has 0 spiro atoms. The van der Waals surface area contributed by atoms with E-state index in [1.807, 2.05) is 6.21 Å². The Bertz CT molecular complexity index is 364. The van der Waals surface area contributed by atoms with Gasteiger partial charge in [0, 0.05) is 19.9 Å². The van der Waals surface area contributed by atoms with E-state index in [1.54, 1.807) is 7.11 Å². The molecule has 1 heterocycles. The molecule has 98 valence electrons. The van der Waals surface area contributed by atoms with Crippen LogP contribution in [0.5, 0.6) is 0 Å². The maximum Gasteiger partial charge on any atom is 0.0704 e. The van der Waals surface area contributed by atoms with Crippen LogP contribution in [0.3, 0.4) is 0 Å². The van der Waals surface area contributed by atoms with Gasteiger partial charge in [0.1, 0.15) is 0 Å². The van der Waals surface area contributed by atoms with Crippen molar-refractivity contribution in [2.75, 3.05) is 20.3 Å². The molecule has 1 saturated heterocycles. The quantitative estimate of drug-likeness (QED) is 0.721. The first kappa shape index (κ1) is 13.1. The fourth-order valence-corrected chi connectivity index (χ4v) is 2.37. The molecule has 0 saturated carbocycles. The Hall–Kier alpha value is -1.35. The van der Waals surface area contributed by atoms with Gasteiger partial charge in [-0.2, -0.15) is 5.10 Å². The van der Waals surface area contributed by atoms with Crippen molar-refractivity contribution in [1.82, 2.24) is 5.01 Å². The smallest absolute Gasteiger partial charge is 0.0704 e. The average molecular weight is 246 g/mol. The summed E-state index contributed by atoms with van der Waals surface area (Å²) in [5.74, 6) is 0. The van der Waals surface area contributed by atoms with Crippen molar-refractivity contribution < 1.29 is 4.74 Å². The van der Waals surface area contributed by atoms with Gasteiger partial charge < -0.3 is 4.74 Å². The Balaban J connectivity index is 1.74. The lowest BCUT2D eigenvalue weighted by Gasteiger charge is -2.20. The summed E-state index contributed by atoms with van der Waals surface area (Å²) in [6.07, 6.45) is 6.53. The molecule has 0 radical (unpaired) electrons. The summed E-state index contributed by atoms with van der Waals surface area (Å²) in [5.41, 5.74) is 1.37. The molecule has 2 rings (SSSR count). The fourth-order valence-electron chi connectivity index (χ4n) is 2.37. The van der Waals surface area contributed by atoms with Crippen molar-refractivity contribution in [2.24, 2.45) is 5.10 Å². The lowest BCUT2D eigenvalue weighted by atomic mass is 10.1. The van der Waals surface area contributed by atoms with E-state index in [4.69, 9.17) is 4.74 Å². The number of hydrogen-bond acceptors (Lipinski definition) is 3. The van der Waals surface area contributed by atoms with Crippen molar-refractivity contribution in [3.05, 3.63) is 35.9 Å². The standard InChI is InChI=1S/C15H22N2O/c1-18-13-15-10-6-12-17(15)16-11-5-9-14-7-3-2-4-8-14/h2-4,7-8,11,15H,5-6,9-10,12-13H2,1H3/b16-11+/t15-/m0/s1. The second-order valence-electron chi connectivity index (χ2n) is 4.74. The van der Waals surface area contributed by atoms with Crippen LogP contribution >= 0.6 is 0 Å². The minimum Gasteiger partial charge on any atom is -0.382 e. The summed E-state index contributed by atoms with van der Waals surface area (Å²) in [6, 6.07) is 11.0. The summed E-state index contributed by atoms with van der Waals surface area (Å²) < 4.78 is 5.22. The van der Waals surface area contributed by atoms with E-state index in [0.717, 1.165) is 26.0 Å². The molecule has 0 N–H and O–H groups in total. The molecule has 1 aliphatic rings. The molecule has 1 atom stereocenters. The van der Waals surface area contributed by atoms with Crippen LogP contribution in [0.1, 0.15) is 24.8 Å². The van der Waals surface area contributed by atoms with E-state index in [0.29, 0.717) is 6.04 Å². The second kappa shape index (κ2) is 7.17. The highest BCUT2D eigenvalue weighted by Crippen LogP contribution is 2.17. The minimum absolute atomic E-state index is 0.475. The summed E-state index contributed by atoms with van der Waals surface area (Å²) >= 11 is 0. The van der Waals surface area contributed by atoms with Gasteiger partial charge in [0.15, 0.2) is 0 Å². The highest BCUT2D eigenvalue weighted by atomic mass is 16.5. The Labute approximate surface area is 109 Å². The van der Waals surface area contributed by atoms with E-state index in [-0.39, 0.29) is 0 Å². The first-order chi connectivity index (χ1) is 8.90. The third-order valence-corrected chi connectivity index (χ3v) is 3.34. The van der Waals surface area contributed by atoms with Crippen LogP contribution in [-0.2, 0) is 11.2 Å². The van der Waals surface area contributed by atoms with E-state index >= 15 is 0 Å². The van der Waals surface area contributed by atoms with Gasteiger partial charge in [-0.05, 0) is 31.2 Å². The fraction of sp³-hybridized carbons (Fsp3) is 0.533. The molecule has 0 unspecified atom stereocenters. The topological polar surface area (TPSA) is 24.8 Å². The molecule has 0 aromatic heterocycles. The molecule has 0 bridgehead atoms. The molecular weight excluding hydrogens is 224 g/mol. The number of rotatable bonds is 6. The first-order valence-electron chi connectivity index (χ1n) is 6.72. The summed E-state index contributed by atoms with van der Waals surface area (Å²) in [7, 11) is 1.76. The maximum atomic E-state index is 5.22. The van der Waals surface area contributed by atoms with Crippen molar-refractivity contribution >= 4 is 6.21 Å². The lowest BCUT2D eigenvalue weighted by Crippen LogP contribution is -2.28. The largest absolute Gasteiger partial charge is 0.382 e. The summed E-state index contributed by atoms with van der Waals surface area (Å²) in [6.45, 7) is 1.85. The third kappa shape index (κ3) is 3.84. The highest BCUT2D eigenvalue weighted by Gasteiger charge is 2.22. The van der Waals surface area contributed by atoms with Crippen LogP contribution in [0.15, 0.2) is 35.4 Å². The normalized spacial score (nSPS) is 19.8. The average Bonchev–Trinajstić information content (AvgIpc) is 2.84. The van der Waals surface area contributed by atoms with E-state index in [2.05, 4.69) is 40.4 Å². The van der Waals surface area contributed by atoms with Crippen LogP contribution < -0.4 is 0 Å². The van der Waals surface area contributed by atoms with Gasteiger partial charge in [-0.25, -0.2) is 0 Å². The predicted octanol–water partition coefficient (Wildman–Crippen LogP) is 2.72. The zero-order valence-electron chi connectivity index (χ0n) is 11.1. The van der Waals surface area contributed by atoms with Gasteiger partial charge in [0.2, 0.25) is 0 Å². The van der Waals surface area contributed by atoms with Gasteiger partial charge in [-0.1, -0.05) is 30.3 Å². The molecule has 1 aliphatic heterocycles. The number of hydrogen-bond donors (Lipinski definition) is 0. The number of hydrazone groups is 1. The summed E-state index contributed by atoms with van der Waals surface area (Å²) in [4.78, 5) is 0. The molecule has 18 heavy (non-hydrogen) atoms. The van der Waals surface area contributed by atoms with E-state index < -0.39 is 0 Å². The van der Waals surface area contributed by atoms with Crippen molar-refractivity contribution in [2.45, 2.75) is 31.7 Å². The molecule has 1 aromatic carbocycles. The second-order valence-corrected chi connectivity index (χ2v) is 4.74. The SMILES string of the molecule is COC[C@@H]1CCCN1/N=C/CCc1ccccc1. The number of aryl methyl sites for hydroxylation is 1. The number of nitrogens with zero attached hydrogens (tertiary/aromatic N) is 2. The number of methoxy groups -OCH3 is 1. The number of benzene rings is 1. The first-order valence-corrected chi connectivity index (χ1v) is 6.72. The van der Waals surface area contributed by atoms with Gasteiger partial charge in [-0.3, -0.25) is 5.01 Å². The van der Waals surface area contributed by atoms with Crippen molar-refractivity contribution in [1.29, 1.82) is 0 Å². The zero-order valence-corrected chi connectivity index (χ0v) is 11.1. The van der Waals surface area contributed by atoms with E-state index in [1.165, 1.54) is 18.4 Å². The Morgan fingerprint density at radius 2 is 2.22 bits per heavy atom. The van der Waals surface area contributed by atoms with Gasteiger partial charge in [-0.15, -0.1) is 0 Å². The molecule has 0 amide bonds. The zero-order chi connectivity index (χ0) is 12.6. The highest BCUT2D eigenvalue weighted by molar-refractivity contribution is 5.57. The Morgan fingerprint density at radius 1 is 1.39 bits per heavy atom. The summed E-state index contributed by atoms with van der Waals surface area (Å²) in [5, 5.41) is 6.74. The minimum atomic E-state index is 0.475. The molecule has 0 aliphatic carbocycles. The van der Waals surface area contributed by atoms with Crippen LogP contribution in [0.4, 0.5) is 0 Å². The monoisotopic (exact) mass is 246 g/mol. The van der Waals surface area contributed by atoms with Gasteiger partial charge >= 0.3 is 0 Å². The molecule has 3 nitrogen and oxygen atoms in total. The molecule has 3 heteroatoms. The molecule has 1 aromatic rings. The lowest BCUT2D eigenvalue weighted by molar-refractivity contribution is 0.118. The van der Waals surface area contributed by atoms with Crippen LogP contribution in [0.25, 0.3) is 0 Å². The van der Waals surface area contributed by atoms with Crippen molar-refractivity contribution in [3.63, 3.8) is 0 Å². The van der Waals surface area contributed by atoms with Gasteiger partial charge in [0.05, 0.1) is 12.6 Å². The number of ether oxygens (including phenoxy) is 1. The molecular formula is C15H22N2O.